The number of aryl methyl sites for hydroxylation is 1. The van der Waals surface area contributed by atoms with Crippen molar-refractivity contribution in [2.75, 3.05) is 7.11 Å². The number of hydrogen-bond acceptors (Lipinski definition) is 4. The quantitative estimate of drug-likeness (QED) is 0.687. The number of nitrogens with two attached hydrogens (primary N) is 1. The fourth-order valence-corrected chi connectivity index (χ4v) is 1.29. The first-order valence-corrected chi connectivity index (χ1v) is 4.33. The van der Waals surface area contributed by atoms with Crippen molar-refractivity contribution < 1.29 is 19.7 Å². The first kappa shape index (κ1) is 11.3. The zero-order valence-electron chi connectivity index (χ0n) is 8.52. The molecule has 0 aliphatic heterocycles. The van der Waals surface area contributed by atoms with E-state index in [0.29, 0.717) is 5.75 Å². The number of carboxylic acids is 1. The van der Waals surface area contributed by atoms with Gasteiger partial charge in [0.05, 0.1) is 7.11 Å². The summed E-state index contributed by atoms with van der Waals surface area (Å²) in [4.78, 5) is 10.7. The van der Waals surface area contributed by atoms with Crippen LogP contribution in [0.5, 0.6) is 11.5 Å². The van der Waals surface area contributed by atoms with Gasteiger partial charge in [0.25, 0.3) is 0 Å². The minimum atomic E-state index is -1.25. The van der Waals surface area contributed by atoms with E-state index in [-0.39, 0.29) is 11.3 Å². The molecule has 5 nitrogen and oxygen atoms in total. The van der Waals surface area contributed by atoms with Gasteiger partial charge in [-0.2, -0.15) is 0 Å². The fourth-order valence-electron chi connectivity index (χ4n) is 1.29. The van der Waals surface area contributed by atoms with Crippen LogP contribution >= 0.6 is 0 Å². The minimum Gasteiger partial charge on any atom is -0.508 e. The molecule has 1 rings (SSSR count). The van der Waals surface area contributed by atoms with Crippen LogP contribution in [-0.2, 0) is 4.79 Å². The standard InChI is InChI=1S/C10H13NO4/c1-5-3-7(12)6(4-8(5)15-2)9(11)10(13)14/h3-4,9,12H,11H2,1-2H3,(H,13,14)/t9-/m0/s1. The first-order valence-electron chi connectivity index (χ1n) is 4.33. The zero-order valence-corrected chi connectivity index (χ0v) is 8.52. The van der Waals surface area contributed by atoms with Gasteiger partial charge < -0.3 is 20.7 Å². The van der Waals surface area contributed by atoms with E-state index in [4.69, 9.17) is 15.6 Å². The molecular weight excluding hydrogens is 198 g/mol. The topological polar surface area (TPSA) is 92.8 Å². The molecule has 0 aliphatic carbocycles. The summed E-state index contributed by atoms with van der Waals surface area (Å²) >= 11 is 0. The summed E-state index contributed by atoms with van der Waals surface area (Å²) in [6.07, 6.45) is 0. The Bertz CT molecular complexity index is 389. The van der Waals surface area contributed by atoms with Crippen molar-refractivity contribution >= 4 is 5.97 Å². The van der Waals surface area contributed by atoms with E-state index >= 15 is 0 Å². The van der Waals surface area contributed by atoms with Gasteiger partial charge in [0.1, 0.15) is 17.5 Å². The van der Waals surface area contributed by atoms with Gasteiger partial charge in [-0.3, -0.25) is 4.79 Å². The number of hydrogen-bond donors (Lipinski definition) is 3. The lowest BCUT2D eigenvalue weighted by atomic mass is 10.0. The van der Waals surface area contributed by atoms with Crippen LogP contribution in [0, 0.1) is 6.92 Å². The molecule has 1 atom stereocenters. The van der Waals surface area contributed by atoms with Crippen LogP contribution < -0.4 is 10.5 Å². The molecule has 0 aliphatic rings. The lowest BCUT2D eigenvalue weighted by Crippen LogP contribution is -2.20. The maximum atomic E-state index is 10.7. The Morgan fingerprint density at radius 1 is 1.53 bits per heavy atom. The van der Waals surface area contributed by atoms with E-state index in [2.05, 4.69) is 0 Å². The zero-order chi connectivity index (χ0) is 11.6. The summed E-state index contributed by atoms with van der Waals surface area (Å²) in [7, 11) is 1.47. The van der Waals surface area contributed by atoms with Gasteiger partial charge >= 0.3 is 5.97 Å². The predicted molar refractivity (Wildman–Crippen MR) is 54.0 cm³/mol. The van der Waals surface area contributed by atoms with Gasteiger partial charge in [-0.15, -0.1) is 0 Å². The monoisotopic (exact) mass is 211 g/mol. The lowest BCUT2D eigenvalue weighted by molar-refractivity contribution is -0.138. The average molecular weight is 211 g/mol. The van der Waals surface area contributed by atoms with Crippen LogP contribution in [-0.4, -0.2) is 23.3 Å². The number of rotatable bonds is 3. The number of methoxy groups -OCH3 is 1. The van der Waals surface area contributed by atoms with Crippen LogP contribution in [0.15, 0.2) is 12.1 Å². The van der Waals surface area contributed by atoms with Gasteiger partial charge in [-0.25, -0.2) is 0 Å². The molecule has 0 radical (unpaired) electrons. The van der Waals surface area contributed by atoms with E-state index in [1.54, 1.807) is 6.92 Å². The third-order valence-corrected chi connectivity index (χ3v) is 2.15. The van der Waals surface area contributed by atoms with Gasteiger partial charge in [-0.05, 0) is 24.6 Å². The van der Waals surface area contributed by atoms with Crippen molar-refractivity contribution in [3.63, 3.8) is 0 Å². The van der Waals surface area contributed by atoms with Crippen molar-refractivity contribution in [3.8, 4) is 11.5 Å². The third kappa shape index (κ3) is 2.19. The maximum Gasteiger partial charge on any atom is 0.325 e. The van der Waals surface area contributed by atoms with Crippen molar-refractivity contribution in [1.82, 2.24) is 0 Å². The van der Waals surface area contributed by atoms with Gasteiger partial charge in [-0.1, -0.05) is 0 Å². The fraction of sp³-hybridized carbons (Fsp3) is 0.300. The predicted octanol–water partition coefficient (Wildman–Crippen LogP) is 0.794. The summed E-state index contributed by atoms with van der Waals surface area (Å²) < 4.78 is 5.01. The molecule has 0 saturated carbocycles. The van der Waals surface area contributed by atoms with Crippen LogP contribution in [0.1, 0.15) is 17.2 Å². The number of carbonyl (C=O) groups is 1. The molecule has 0 fully saturated rings. The molecule has 82 valence electrons. The molecule has 5 heteroatoms. The first-order chi connectivity index (χ1) is 6.97. The minimum absolute atomic E-state index is 0.136. The summed E-state index contributed by atoms with van der Waals surface area (Å²) in [6.45, 7) is 1.74. The molecule has 0 bridgehead atoms. The molecule has 1 aromatic carbocycles. The Balaban J connectivity index is 3.24. The second-order valence-electron chi connectivity index (χ2n) is 3.20. The molecule has 0 amide bonds. The van der Waals surface area contributed by atoms with E-state index in [1.165, 1.54) is 19.2 Å². The van der Waals surface area contributed by atoms with Crippen molar-refractivity contribution in [1.29, 1.82) is 0 Å². The smallest absolute Gasteiger partial charge is 0.325 e. The van der Waals surface area contributed by atoms with Gasteiger partial charge in [0, 0.05) is 5.56 Å². The van der Waals surface area contributed by atoms with Gasteiger partial charge in [0.15, 0.2) is 0 Å². The van der Waals surface area contributed by atoms with Crippen LogP contribution in [0.25, 0.3) is 0 Å². The molecule has 0 spiro atoms. The van der Waals surface area contributed by atoms with Crippen LogP contribution in [0.3, 0.4) is 0 Å². The Labute approximate surface area is 87.1 Å². The molecule has 0 unspecified atom stereocenters. The number of aliphatic carboxylic acids is 1. The third-order valence-electron chi connectivity index (χ3n) is 2.15. The number of phenols is 1. The van der Waals surface area contributed by atoms with E-state index in [0.717, 1.165) is 5.56 Å². The highest BCUT2D eigenvalue weighted by Gasteiger charge is 2.19. The Morgan fingerprint density at radius 3 is 2.60 bits per heavy atom. The number of carboxylic acid groups (broad SMARTS) is 1. The van der Waals surface area contributed by atoms with Crippen molar-refractivity contribution in [2.24, 2.45) is 5.73 Å². The Kier molecular flexibility index (Phi) is 3.16. The number of benzene rings is 1. The average Bonchev–Trinajstić information content (AvgIpc) is 2.17. The second-order valence-corrected chi connectivity index (χ2v) is 3.20. The van der Waals surface area contributed by atoms with E-state index in [9.17, 15) is 9.90 Å². The molecular formula is C10H13NO4. The maximum absolute atomic E-state index is 10.7. The molecule has 4 N–H and O–H groups in total. The molecule has 0 aromatic heterocycles. The summed E-state index contributed by atoms with van der Waals surface area (Å²) in [5.74, 6) is -0.834. The van der Waals surface area contributed by atoms with Crippen molar-refractivity contribution in [3.05, 3.63) is 23.3 Å². The summed E-state index contributed by atoms with van der Waals surface area (Å²) in [5, 5.41) is 18.2. The normalized spacial score (nSPS) is 12.2. The number of aromatic hydroxyl groups is 1. The van der Waals surface area contributed by atoms with Crippen LogP contribution in [0.2, 0.25) is 0 Å². The number of ether oxygens (including phenoxy) is 1. The highest BCUT2D eigenvalue weighted by Crippen LogP contribution is 2.30. The highest BCUT2D eigenvalue weighted by atomic mass is 16.5. The Hall–Kier alpha value is -1.75. The van der Waals surface area contributed by atoms with Gasteiger partial charge in [0.2, 0.25) is 0 Å². The highest BCUT2D eigenvalue weighted by molar-refractivity contribution is 5.76. The van der Waals surface area contributed by atoms with E-state index in [1.807, 2.05) is 0 Å². The Morgan fingerprint density at radius 2 is 2.13 bits per heavy atom. The van der Waals surface area contributed by atoms with Crippen LogP contribution in [0.4, 0.5) is 0 Å². The summed E-state index contributed by atoms with van der Waals surface area (Å²) in [6, 6.07) is 1.61. The lowest BCUT2D eigenvalue weighted by Gasteiger charge is -2.12. The summed E-state index contributed by atoms with van der Waals surface area (Å²) in [5.41, 5.74) is 6.26. The largest absolute Gasteiger partial charge is 0.508 e. The molecule has 15 heavy (non-hydrogen) atoms. The second kappa shape index (κ2) is 4.18. The molecule has 0 heterocycles. The van der Waals surface area contributed by atoms with E-state index < -0.39 is 12.0 Å². The molecule has 1 aromatic rings. The SMILES string of the molecule is COc1cc([C@H](N)C(=O)O)c(O)cc1C. The molecule has 0 saturated heterocycles. The number of phenolic OH excluding ortho intramolecular Hbond substituents is 1. The van der Waals surface area contributed by atoms with Crippen molar-refractivity contribution in [2.45, 2.75) is 13.0 Å².